The van der Waals surface area contributed by atoms with Gasteiger partial charge in [-0.15, -0.1) is 10.2 Å². The number of halogens is 1. The van der Waals surface area contributed by atoms with E-state index < -0.39 is 0 Å². The van der Waals surface area contributed by atoms with E-state index in [0.29, 0.717) is 17.9 Å². The molecule has 0 unspecified atom stereocenters. The largest absolute Gasteiger partial charge is 0.423 e. The monoisotopic (exact) mass is 543 g/mol. The van der Waals surface area contributed by atoms with E-state index in [1.807, 2.05) is 42.5 Å². The number of fused-ring (bicyclic) bond motifs is 2. The van der Waals surface area contributed by atoms with E-state index >= 15 is 0 Å². The normalized spacial score (nSPS) is 12.8. The van der Waals surface area contributed by atoms with Crippen molar-refractivity contribution in [1.29, 1.82) is 0 Å². The van der Waals surface area contributed by atoms with Crippen molar-refractivity contribution >= 4 is 38.7 Å². The SMILES string of the molecule is O=c1cc(CSc2nnc(-c3ccccc3Br)n2Cc2ccccc2)c2cc3c(cc2o1)CCC3. The van der Waals surface area contributed by atoms with Crippen LogP contribution in [-0.4, -0.2) is 14.8 Å². The van der Waals surface area contributed by atoms with Crippen molar-refractivity contribution in [2.24, 2.45) is 0 Å². The van der Waals surface area contributed by atoms with Crippen LogP contribution in [-0.2, 0) is 25.1 Å². The van der Waals surface area contributed by atoms with Crippen LogP contribution >= 0.6 is 27.7 Å². The van der Waals surface area contributed by atoms with Gasteiger partial charge in [0.1, 0.15) is 5.58 Å². The highest BCUT2D eigenvalue weighted by Gasteiger charge is 2.19. The molecule has 0 amide bonds. The molecule has 2 heterocycles. The number of benzene rings is 3. The van der Waals surface area contributed by atoms with E-state index in [0.717, 1.165) is 51.2 Å². The quantitative estimate of drug-likeness (QED) is 0.177. The van der Waals surface area contributed by atoms with Gasteiger partial charge in [0.2, 0.25) is 0 Å². The van der Waals surface area contributed by atoms with Gasteiger partial charge in [0, 0.05) is 27.2 Å². The van der Waals surface area contributed by atoms with Crippen LogP contribution in [0, 0.1) is 0 Å². The second kappa shape index (κ2) is 9.47. The fraction of sp³-hybridized carbons (Fsp3) is 0.179. The second-order valence-electron chi connectivity index (χ2n) is 8.71. The first-order chi connectivity index (χ1) is 17.2. The van der Waals surface area contributed by atoms with Gasteiger partial charge in [0.25, 0.3) is 0 Å². The summed E-state index contributed by atoms with van der Waals surface area (Å²) in [5, 5.41) is 10.9. The van der Waals surface area contributed by atoms with Crippen molar-refractivity contribution < 1.29 is 4.42 Å². The Morgan fingerprint density at radius 1 is 0.943 bits per heavy atom. The van der Waals surface area contributed by atoms with E-state index in [-0.39, 0.29) is 5.63 Å². The zero-order chi connectivity index (χ0) is 23.8. The number of nitrogens with zero attached hydrogens (tertiary/aromatic N) is 3. The molecule has 5 nitrogen and oxygen atoms in total. The molecule has 0 aliphatic heterocycles. The Bertz CT molecular complexity index is 1590. The maximum Gasteiger partial charge on any atom is 0.336 e. The summed E-state index contributed by atoms with van der Waals surface area (Å²) in [4.78, 5) is 12.3. The molecule has 0 saturated carbocycles. The summed E-state index contributed by atoms with van der Waals surface area (Å²) in [6.45, 7) is 0.651. The molecule has 3 aromatic carbocycles. The van der Waals surface area contributed by atoms with Crippen molar-refractivity contribution in [3.8, 4) is 11.4 Å². The lowest BCUT2D eigenvalue weighted by Crippen LogP contribution is -2.05. The average Bonchev–Trinajstić information content (AvgIpc) is 3.48. The van der Waals surface area contributed by atoms with Crippen molar-refractivity contribution in [2.75, 3.05) is 0 Å². The Morgan fingerprint density at radius 3 is 2.54 bits per heavy atom. The molecular weight excluding hydrogens is 522 g/mol. The molecular formula is C28H22BrN3O2S. The molecule has 0 fully saturated rings. The first kappa shape index (κ1) is 22.3. The molecule has 1 aliphatic rings. The van der Waals surface area contributed by atoms with Crippen LogP contribution in [0.15, 0.2) is 91.6 Å². The van der Waals surface area contributed by atoms with Crippen LogP contribution in [0.3, 0.4) is 0 Å². The molecule has 2 aromatic heterocycles. The minimum Gasteiger partial charge on any atom is -0.423 e. The zero-order valence-corrected chi connectivity index (χ0v) is 21.3. The summed E-state index contributed by atoms with van der Waals surface area (Å²) in [5.74, 6) is 1.41. The van der Waals surface area contributed by atoms with Gasteiger partial charge in [-0.2, -0.15) is 0 Å². The number of aromatic nitrogens is 3. The van der Waals surface area contributed by atoms with E-state index in [1.54, 1.807) is 17.8 Å². The minimum absolute atomic E-state index is 0.314. The van der Waals surface area contributed by atoms with Crippen molar-refractivity contribution in [2.45, 2.75) is 36.7 Å². The number of rotatable bonds is 6. The van der Waals surface area contributed by atoms with Crippen LogP contribution < -0.4 is 5.63 Å². The molecule has 174 valence electrons. The van der Waals surface area contributed by atoms with Gasteiger partial charge < -0.3 is 4.42 Å². The lowest BCUT2D eigenvalue weighted by Gasteiger charge is -2.12. The molecule has 0 N–H and O–H groups in total. The first-order valence-electron chi connectivity index (χ1n) is 11.6. The molecule has 1 aliphatic carbocycles. The Labute approximate surface area is 215 Å². The highest BCUT2D eigenvalue weighted by molar-refractivity contribution is 9.10. The highest BCUT2D eigenvalue weighted by atomic mass is 79.9. The van der Waals surface area contributed by atoms with Crippen LogP contribution in [0.4, 0.5) is 0 Å². The Morgan fingerprint density at radius 2 is 1.71 bits per heavy atom. The smallest absolute Gasteiger partial charge is 0.336 e. The summed E-state index contributed by atoms with van der Waals surface area (Å²) in [5.41, 5.74) is 6.15. The van der Waals surface area contributed by atoms with Crippen molar-refractivity contribution in [3.63, 3.8) is 0 Å². The van der Waals surface area contributed by atoms with Crippen molar-refractivity contribution in [3.05, 3.63) is 110 Å². The van der Waals surface area contributed by atoms with E-state index in [1.165, 1.54) is 16.7 Å². The van der Waals surface area contributed by atoms with E-state index in [4.69, 9.17) is 4.42 Å². The van der Waals surface area contributed by atoms with Crippen molar-refractivity contribution in [1.82, 2.24) is 14.8 Å². The molecule has 0 bridgehead atoms. The number of thioether (sulfide) groups is 1. The fourth-order valence-electron chi connectivity index (χ4n) is 4.70. The van der Waals surface area contributed by atoms with Crippen LogP contribution in [0.5, 0.6) is 0 Å². The fourth-order valence-corrected chi connectivity index (χ4v) is 6.09. The molecule has 35 heavy (non-hydrogen) atoms. The molecule has 0 atom stereocenters. The molecule has 0 spiro atoms. The molecule has 0 radical (unpaired) electrons. The third-order valence-corrected chi connectivity index (χ3v) is 8.12. The summed E-state index contributed by atoms with van der Waals surface area (Å²) < 4.78 is 8.67. The third-order valence-electron chi connectivity index (χ3n) is 6.41. The lowest BCUT2D eigenvalue weighted by molar-refractivity contribution is 0.559. The first-order valence-corrected chi connectivity index (χ1v) is 13.4. The van der Waals surface area contributed by atoms with Gasteiger partial charge in [-0.1, -0.05) is 76.2 Å². The topological polar surface area (TPSA) is 60.9 Å². The summed E-state index contributed by atoms with van der Waals surface area (Å²) >= 11 is 5.26. The number of aryl methyl sites for hydroxylation is 2. The van der Waals surface area contributed by atoms with Gasteiger partial charge >= 0.3 is 5.63 Å². The van der Waals surface area contributed by atoms with Gasteiger partial charge in [-0.25, -0.2) is 4.79 Å². The van der Waals surface area contributed by atoms with Gasteiger partial charge in [0.15, 0.2) is 11.0 Å². The minimum atomic E-state index is -0.314. The van der Waals surface area contributed by atoms with Gasteiger partial charge in [0.05, 0.1) is 6.54 Å². The standard InChI is InChI=1S/C28H22BrN3O2S/c29-24-12-5-4-11-22(24)27-30-31-28(32(27)16-18-7-2-1-3-8-18)35-17-21-15-26(33)34-25-14-20-10-6-9-19(20)13-23(21)25/h1-5,7-8,11-15H,6,9-10,16-17H2. The highest BCUT2D eigenvalue weighted by Crippen LogP contribution is 2.34. The molecule has 5 aromatic rings. The lowest BCUT2D eigenvalue weighted by atomic mass is 10.0. The second-order valence-corrected chi connectivity index (χ2v) is 10.5. The molecule has 6 rings (SSSR count). The Hall–Kier alpha value is -3.16. The van der Waals surface area contributed by atoms with Gasteiger partial charge in [-0.3, -0.25) is 4.57 Å². The molecule has 0 saturated heterocycles. The Kier molecular flexibility index (Phi) is 6.04. The zero-order valence-electron chi connectivity index (χ0n) is 18.9. The molecule has 7 heteroatoms. The van der Waals surface area contributed by atoms with Crippen LogP contribution in [0.1, 0.15) is 28.7 Å². The summed E-state index contributed by atoms with van der Waals surface area (Å²) in [6, 6.07) is 24.2. The predicted octanol–water partition coefficient (Wildman–Crippen LogP) is 6.64. The Balaban J connectivity index is 1.38. The van der Waals surface area contributed by atoms with Crippen LogP contribution in [0.2, 0.25) is 0 Å². The predicted molar refractivity (Wildman–Crippen MR) is 143 cm³/mol. The summed E-state index contributed by atoms with van der Waals surface area (Å²) in [7, 11) is 0. The van der Waals surface area contributed by atoms with Gasteiger partial charge in [-0.05, 0) is 59.7 Å². The van der Waals surface area contributed by atoms with Crippen LogP contribution in [0.25, 0.3) is 22.4 Å². The third kappa shape index (κ3) is 4.46. The number of hydrogen-bond acceptors (Lipinski definition) is 5. The summed E-state index contributed by atoms with van der Waals surface area (Å²) in [6.07, 6.45) is 3.28. The number of hydrogen-bond donors (Lipinski definition) is 0. The average molecular weight is 544 g/mol. The van der Waals surface area contributed by atoms with E-state index in [9.17, 15) is 4.79 Å². The maximum atomic E-state index is 12.3. The van der Waals surface area contributed by atoms with E-state index in [2.05, 4.69) is 55.0 Å². The maximum absolute atomic E-state index is 12.3.